The summed E-state index contributed by atoms with van der Waals surface area (Å²) < 4.78 is 14.1. The van der Waals surface area contributed by atoms with E-state index < -0.39 is 5.41 Å². The molecule has 7 heteroatoms. The highest BCUT2D eigenvalue weighted by molar-refractivity contribution is 7.97. The molecule has 5 rings (SSSR count). The monoisotopic (exact) mass is 462 g/mol. The van der Waals surface area contributed by atoms with E-state index in [0.717, 1.165) is 45.9 Å². The average molecular weight is 463 g/mol. The normalized spacial score (nSPS) is 16.3. The van der Waals surface area contributed by atoms with E-state index in [0.29, 0.717) is 5.75 Å². The minimum atomic E-state index is -0.505. The summed E-state index contributed by atoms with van der Waals surface area (Å²) in [4.78, 5) is 14.3. The Bertz CT molecular complexity index is 1160. The van der Waals surface area contributed by atoms with Crippen LogP contribution < -0.4 is 19.5 Å². The lowest BCUT2D eigenvalue weighted by atomic mass is 9.94. The van der Waals surface area contributed by atoms with Gasteiger partial charge in [-0.1, -0.05) is 30.3 Å². The van der Waals surface area contributed by atoms with Crippen LogP contribution in [0.5, 0.6) is 11.5 Å². The van der Waals surface area contributed by atoms with Gasteiger partial charge in [0.1, 0.15) is 0 Å². The first-order valence-corrected chi connectivity index (χ1v) is 11.8. The predicted molar refractivity (Wildman–Crippen MR) is 130 cm³/mol. The van der Waals surface area contributed by atoms with Crippen molar-refractivity contribution in [1.29, 1.82) is 0 Å². The molecular weight excluding hydrogens is 436 g/mol. The number of rotatable bonds is 8. The predicted octanol–water partition coefficient (Wildman–Crippen LogP) is 4.73. The number of amides is 1. The van der Waals surface area contributed by atoms with Gasteiger partial charge in [0.05, 0.1) is 12.0 Å². The lowest BCUT2D eigenvalue weighted by Gasteiger charge is -2.17. The number of aliphatic hydroxyl groups excluding tert-OH is 1. The van der Waals surface area contributed by atoms with Crippen LogP contribution in [0.2, 0.25) is 0 Å². The largest absolute Gasteiger partial charge is 0.454 e. The second-order valence-corrected chi connectivity index (χ2v) is 9.42. The molecule has 1 unspecified atom stereocenters. The van der Waals surface area contributed by atoms with Gasteiger partial charge in [0.25, 0.3) is 0 Å². The molecule has 1 atom stereocenters. The molecule has 0 bridgehead atoms. The fraction of sp³-hybridized carbons (Fsp3) is 0.269. The molecule has 1 aliphatic carbocycles. The summed E-state index contributed by atoms with van der Waals surface area (Å²) in [5, 5.41) is 12.3. The first-order chi connectivity index (χ1) is 16.1. The number of nitrogens with one attached hydrogen (secondary N) is 2. The number of hydrogen-bond donors (Lipinski definition) is 3. The van der Waals surface area contributed by atoms with Crippen molar-refractivity contribution >= 4 is 23.5 Å². The molecule has 33 heavy (non-hydrogen) atoms. The summed E-state index contributed by atoms with van der Waals surface area (Å²) in [5.41, 5.74) is 3.35. The highest BCUT2D eigenvalue weighted by atomic mass is 32.2. The Morgan fingerprint density at radius 3 is 2.58 bits per heavy atom. The standard InChI is InChI=1S/C26H26N2O4S/c1-17(15-29)28-33-22-8-5-18(6-9-22)19-3-2-4-21(13-19)27-25(30)26(11-12-26)20-7-10-23-24(14-20)32-16-31-23/h2-10,13-14,17,28-29H,11-12,15-16H2,1H3,(H,27,30). The van der Waals surface area contributed by atoms with E-state index in [2.05, 4.69) is 22.2 Å². The molecule has 3 N–H and O–H groups in total. The van der Waals surface area contributed by atoms with E-state index in [4.69, 9.17) is 14.6 Å². The van der Waals surface area contributed by atoms with Crippen LogP contribution in [0.25, 0.3) is 11.1 Å². The Hall–Kier alpha value is -3.00. The fourth-order valence-corrected chi connectivity index (χ4v) is 4.60. The van der Waals surface area contributed by atoms with Gasteiger partial charge in [-0.25, -0.2) is 0 Å². The SMILES string of the molecule is CC(CO)NSc1ccc(-c2cccc(NC(=O)C3(c4ccc5c(c4)OCO5)CC3)c2)cc1. The van der Waals surface area contributed by atoms with Crippen molar-refractivity contribution in [3.63, 3.8) is 0 Å². The quantitative estimate of drug-likeness (QED) is 0.420. The van der Waals surface area contributed by atoms with Gasteiger partial charge in [-0.2, -0.15) is 0 Å². The highest BCUT2D eigenvalue weighted by Gasteiger charge is 2.51. The van der Waals surface area contributed by atoms with Crippen molar-refractivity contribution in [3.8, 4) is 22.6 Å². The third kappa shape index (κ3) is 4.57. The number of anilines is 1. The van der Waals surface area contributed by atoms with E-state index in [1.54, 1.807) is 0 Å². The molecule has 2 aliphatic rings. The minimum Gasteiger partial charge on any atom is -0.454 e. The van der Waals surface area contributed by atoms with Crippen molar-refractivity contribution in [3.05, 3.63) is 72.3 Å². The van der Waals surface area contributed by atoms with Gasteiger partial charge in [-0.3, -0.25) is 9.52 Å². The Kier molecular flexibility index (Phi) is 6.01. The molecule has 3 aromatic carbocycles. The molecule has 170 valence electrons. The van der Waals surface area contributed by atoms with Gasteiger partial charge in [0.2, 0.25) is 12.7 Å². The molecule has 1 fully saturated rings. The number of fused-ring (bicyclic) bond motifs is 1. The first kappa shape index (κ1) is 21.8. The van der Waals surface area contributed by atoms with Crippen LogP contribution >= 0.6 is 11.9 Å². The van der Waals surface area contributed by atoms with Crippen LogP contribution in [-0.4, -0.2) is 30.5 Å². The maximum absolute atomic E-state index is 13.2. The van der Waals surface area contributed by atoms with E-state index in [1.165, 1.54) is 11.9 Å². The number of carbonyl (C=O) groups excluding carboxylic acids is 1. The number of aliphatic hydroxyl groups is 1. The fourth-order valence-electron chi connectivity index (χ4n) is 3.91. The van der Waals surface area contributed by atoms with Crippen LogP contribution in [0.3, 0.4) is 0 Å². The third-order valence-corrected chi connectivity index (χ3v) is 7.10. The Morgan fingerprint density at radius 1 is 1.03 bits per heavy atom. The zero-order chi connectivity index (χ0) is 22.8. The summed E-state index contributed by atoms with van der Waals surface area (Å²) in [7, 11) is 0. The second-order valence-electron chi connectivity index (χ2n) is 8.51. The van der Waals surface area contributed by atoms with E-state index in [1.807, 2.05) is 61.5 Å². The first-order valence-electron chi connectivity index (χ1n) is 11.0. The molecular formula is C26H26N2O4S. The Balaban J connectivity index is 1.28. The van der Waals surface area contributed by atoms with Crippen molar-refractivity contribution in [2.45, 2.75) is 36.1 Å². The van der Waals surface area contributed by atoms with Gasteiger partial charge < -0.3 is 19.9 Å². The Morgan fingerprint density at radius 2 is 1.82 bits per heavy atom. The zero-order valence-corrected chi connectivity index (χ0v) is 19.2. The third-order valence-electron chi connectivity index (χ3n) is 6.07. The van der Waals surface area contributed by atoms with E-state index in [9.17, 15) is 4.79 Å². The van der Waals surface area contributed by atoms with Crippen LogP contribution in [-0.2, 0) is 10.2 Å². The van der Waals surface area contributed by atoms with Crippen molar-refractivity contribution in [1.82, 2.24) is 4.72 Å². The number of carbonyl (C=O) groups is 1. The zero-order valence-electron chi connectivity index (χ0n) is 18.3. The molecule has 0 radical (unpaired) electrons. The van der Waals surface area contributed by atoms with Crippen LogP contribution in [0.4, 0.5) is 5.69 Å². The van der Waals surface area contributed by atoms with Crippen LogP contribution in [0.15, 0.2) is 71.6 Å². The molecule has 0 spiro atoms. The van der Waals surface area contributed by atoms with Crippen LogP contribution in [0, 0.1) is 0 Å². The maximum atomic E-state index is 13.2. The summed E-state index contributed by atoms with van der Waals surface area (Å²) in [6.45, 7) is 2.25. The summed E-state index contributed by atoms with van der Waals surface area (Å²) in [6, 6.07) is 21.9. The van der Waals surface area contributed by atoms with Gasteiger partial charge in [-0.15, -0.1) is 0 Å². The number of ether oxygens (including phenoxy) is 2. The molecule has 1 saturated carbocycles. The van der Waals surface area contributed by atoms with Gasteiger partial charge >= 0.3 is 0 Å². The molecule has 0 aromatic heterocycles. The summed E-state index contributed by atoms with van der Waals surface area (Å²) >= 11 is 1.50. The van der Waals surface area contributed by atoms with Gasteiger partial charge in [-0.05, 0) is 84.8 Å². The smallest absolute Gasteiger partial charge is 0.235 e. The highest BCUT2D eigenvalue weighted by Crippen LogP contribution is 2.51. The van der Waals surface area contributed by atoms with Gasteiger partial charge in [0, 0.05) is 16.6 Å². The summed E-state index contributed by atoms with van der Waals surface area (Å²) in [5.74, 6) is 1.44. The van der Waals surface area contributed by atoms with Crippen molar-refractivity contribution < 1.29 is 19.4 Å². The second kappa shape index (κ2) is 9.09. The van der Waals surface area contributed by atoms with Crippen molar-refractivity contribution in [2.75, 3.05) is 18.7 Å². The topological polar surface area (TPSA) is 79.8 Å². The number of benzene rings is 3. The van der Waals surface area contributed by atoms with Crippen molar-refractivity contribution in [2.24, 2.45) is 0 Å². The molecule has 1 aliphatic heterocycles. The molecule has 0 saturated heterocycles. The minimum absolute atomic E-state index is 0.00865. The van der Waals surface area contributed by atoms with E-state index >= 15 is 0 Å². The van der Waals surface area contributed by atoms with E-state index in [-0.39, 0.29) is 25.3 Å². The lowest BCUT2D eigenvalue weighted by Crippen LogP contribution is -2.27. The molecule has 6 nitrogen and oxygen atoms in total. The molecule has 1 heterocycles. The summed E-state index contributed by atoms with van der Waals surface area (Å²) in [6.07, 6.45) is 1.64. The maximum Gasteiger partial charge on any atom is 0.235 e. The molecule has 1 amide bonds. The number of hydrogen-bond acceptors (Lipinski definition) is 6. The van der Waals surface area contributed by atoms with Gasteiger partial charge in [0.15, 0.2) is 11.5 Å². The molecule has 3 aromatic rings. The lowest BCUT2D eigenvalue weighted by molar-refractivity contribution is -0.118. The Labute approximate surface area is 197 Å². The van der Waals surface area contributed by atoms with Crippen LogP contribution in [0.1, 0.15) is 25.3 Å². The average Bonchev–Trinajstić information content (AvgIpc) is 3.54.